The molecule has 0 aromatic rings. The molecule has 1 saturated carbocycles. The van der Waals surface area contributed by atoms with Crippen molar-refractivity contribution in [2.45, 2.75) is 37.9 Å². The Bertz CT molecular complexity index is 323. The molecule has 1 aliphatic heterocycles. The number of carbonyl (C=O) groups excluding carboxylic acids is 1. The van der Waals surface area contributed by atoms with Gasteiger partial charge in [-0.3, -0.25) is 0 Å². The molecule has 4 heteroatoms. The molecule has 82 valence electrons. The minimum Gasteiger partial charge on any atom is -0.480 e. The molecule has 0 saturated heterocycles. The van der Waals surface area contributed by atoms with Crippen LogP contribution in [0, 0.1) is 0 Å². The highest BCUT2D eigenvalue weighted by atomic mass is 16.8. The molecule has 2 rings (SSSR count). The molecule has 0 radical (unpaired) electrons. The molecular formula is C11H14O4. The van der Waals surface area contributed by atoms with Gasteiger partial charge >= 0.3 is 5.97 Å². The number of aliphatic hydroxyl groups is 1. The molecule has 2 aliphatic rings. The Kier molecular flexibility index (Phi) is 2.42. The highest BCUT2D eigenvalue weighted by molar-refractivity contribution is 5.92. The number of ether oxygens (including phenoxy) is 2. The molecule has 0 aromatic heterocycles. The summed E-state index contributed by atoms with van der Waals surface area (Å²) in [5, 5.41) is 9.54. The first-order chi connectivity index (χ1) is 7.17. The average molecular weight is 210 g/mol. The first-order valence-corrected chi connectivity index (χ1v) is 5.15. The van der Waals surface area contributed by atoms with E-state index in [2.05, 4.69) is 6.58 Å². The summed E-state index contributed by atoms with van der Waals surface area (Å²) in [5.41, 5.74) is 0.00574. The van der Waals surface area contributed by atoms with Gasteiger partial charge in [-0.1, -0.05) is 13.0 Å². The molecule has 0 amide bonds. The van der Waals surface area contributed by atoms with Crippen LogP contribution in [0.2, 0.25) is 0 Å². The molecule has 0 bridgehead atoms. The van der Waals surface area contributed by atoms with Gasteiger partial charge in [0.1, 0.15) is 5.57 Å². The highest BCUT2D eigenvalue weighted by Gasteiger charge is 2.43. The Hall–Kier alpha value is -1.45. The van der Waals surface area contributed by atoms with Crippen molar-refractivity contribution in [2.75, 3.05) is 0 Å². The lowest BCUT2D eigenvalue weighted by molar-refractivity contribution is -0.249. The fourth-order valence-electron chi connectivity index (χ4n) is 2.03. The largest absolute Gasteiger partial charge is 0.480 e. The summed E-state index contributed by atoms with van der Waals surface area (Å²) < 4.78 is 10.5. The molecule has 1 spiro atoms. The van der Waals surface area contributed by atoms with Crippen LogP contribution in [0.25, 0.3) is 0 Å². The van der Waals surface area contributed by atoms with Crippen molar-refractivity contribution >= 4 is 5.97 Å². The molecule has 4 nitrogen and oxygen atoms in total. The summed E-state index contributed by atoms with van der Waals surface area (Å²) in [4.78, 5) is 11.5. The van der Waals surface area contributed by atoms with Gasteiger partial charge in [-0.2, -0.15) is 0 Å². The van der Waals surface area contributed by atoms with E-state index in [4.69, 9.17) is 9.47 Å². The predicted octanol–water partition coefficient (Wildman–Crippen LogP) is 2.18. The molecule has 15 heavy (non-hydrogen) atoms. The van der Waals surface area contributed by atoms with Crippen LogP contribution >= 0.6 is 0 Å². The van der Waals surface area contributed by atoms with E-state index in [0.29, 0.717) is 12.8 Å². The van der Waals surface area contributed by atoms with Crippen molar-refractivity contribution in [3.8, 4) is 0 Å². The smallest absolute Gasteiger partial charge is 0.348 e. The van der Waals surface area contributed by atoms with Crippen LogP contribution in [0.5, 0.6) is 0 Å². The highest BCUT2D eigenvalue weighted by Crippen LogP contribution is 2.38. The van der Waals surface area contributed by atoms with E-state index in [1.54, 1.807) is 0 Å². The Morgan fingerprint density at radius 1 is 1.27 bits per heavy atom. The lowest BCUT2D eigenvalue weighted by atomic mass is 9.93. The number of hydrogen-bond donors (Lipinski definition) is 1. The molecule has 1 N–H and O–H groups in total. The molecular weight excluding hydrogens is 196 g/mol. The van der Waals surface area contributed by atoms with Crippen molar-refractivity contribution < 1.29 is 19.4 Å². The monoisotopic (exact) mass is 210 g/mol. The number of aliphatic hydroxyl groups excluding tert-OH is 1. The van der Waals surface area contributed by atoms with E-state index in [1.165, 1.54) is 6.08 Å². The van der Waals surface area contributed by atoms with Crippen LogP contribution in [0.4, 0.5) is 0 Å². The van der Waals surface area contributed by atoms with Crippen molar-refractivity contribution in [1.82, 2.24) is 0 Å². The summed E-state index contributed by atoms with van der Waals surface area (Å²) in [6.07, 6.45) is 5.54. The number of hydrogen-bond acceptors (Lipinski definition) is 4. The van der Waals surface area contributed by atoms with Gasteiger partial charge in [0.05, 0.1) is 0 Å². The SMILES string of the molecule is C=CC1=C(O)OC2(CCCCC2)OC1=O. The molecule has 1 fully saturated rings. The van der Waals surface area contributed by atoms with Crippen LogP contribution in [0.1, 0.15) is 32.1 Å². The average Bonchev–Trinajstić information content (AvgIpc) is 2.18. The first-order valence-electron chi connectivity index (χ1n) is 5.15. The third kappa shape index (κ3) is 1.71. The van der Waals surface area contributed by atoms with Gasteiger partial charge in [-0.25, -0.2) is 4.79 Å². The van der Waals surface area contributed by atoms with Gasteiger partial charge < -0.3 is 14.6 Å². The van der Waals surface area contributed by atoms with Crippen molar-refractivity contribution in [3.63, 3.8) is 0 Å². The molecule has 0 aromatic carbocycles. The molecule has 1 heterocycles. The van der Waals surface area contributed by atoms with Crippen LogP contribution in [-0.2, 0) is 14.3 Å². The van der Waals surface area contributed by atoms with E-state index >= 15 is 0 Å². The summed E-state index contributed by atoms with van der Waals surface area (Å²) in [6.45, 7) is 3.42. The Labute approximate surface area is 88.2 Å². The maximum Gasteiger partial charge on any atom is 0.348 e. The molecule has 1 aliphatic carbocycles. The second kappa shape index (κ2) is 3.61. The lowest BCUT2D eigenvalue weighted by Crippen LogP contribution is -2.43. The summed E-state index contributed by atoms with van der Waals surface area (Å²) in [5.74, 6) is -1.83. The maximum absolute atomic E-state index is 11.5. The fraction of sp³-hybridized carbons (Fsp3) is 0.545. The zero-order chi connectivity index (χ0) is 10.9. The topological polar surface area (TPSA) is 55.8 Å². The van der Waals surface area contributed by atoms with Gasteiger partial charge in [0, 0.05) is 12.8 Å². The zero-order valence-electron chi connectivity index (χ0n) is 8.49. The van der Waals surface area contributed by atoms with Gasteiger partial charge in [-0.15, -0.1) is 0 Å². The first kappa shape index (κ1) is 10.1. The van der Waals surface area contributed by atoms with Crippen LogP contribution in [0.15, 0.2) is 24.2 Å². The molecule has 0 unspecified atom stereocenters. The summed E-state index contributed by atoms with van der Waals surface area (Å²) in [6, 6.07) is 0. The van der Waals surface area contributed by atoms with Gasteiger partial charge in [-0.05, 0) is 18.9 Å². The minimum atomic E-state index is -0.925. The second-order valence-electron chi connectivity index (χ2n) is 3.89. The number of esters is 1. The molecule has 0 atom stereocenters. The summed E-state index contributed by atoms with van der Waals surface area (Å²) in [7, 11) is 0. The van der Waals surface area contributed by atoms with Crippen LogP contribution in [-0.4, -0.2) is 16.9 Å². The second-order valence-corrected chi connectivity index (χ2v) is 3.89. The lowest BCUT2D eigenvalue weighted by Gasteiger charge is -2.38. The van der Waals surface area contributed by atoms with Crippen molar-refractivity contribution in [2.24, 2.45) is 0 Å². The Balaban J connectivity index is 2.24. The third-order valence-electron chi connectivity index (χ3n) is 2.83. The normalized spacial score (nSPS) is 24.7. The Morgan fingerprint density at radius 2 is 1.93 bits per heavy atom. The standard InChI is InChI=1S/C11H14O4/c1-2-8-9(12)14-11(15-10(8)13)6-4-3-5-7-11/h2,12H,1,3-7H2. The van der Waals surface area contributed by atoms with Gasteiger partial charge in [0.15, 0.2) is 0 Å². The maximum atomic E-state index is 11.5. The quantitative estimate of drug-likeness (QED) is 0.674. The summed E-state index contributed by atoms with van der Waals surface area (Å²) >= 11 is 0. The van der Waals surface area contributed by atoms with E-state index in [1.807, 2.05) is 0 Å². The minimum absolute atomic E-state index is 0.00574. The number of carbonyl (C=O) groups is 1. The van der Waals surface area contributed by atoms with Crippen LogP contribution in [0.3, 0.4) is 0 Å². The van der Waals surface area contributed by atoms with E-state index < -0.39 is 11.8 Å². The fourth-order valence-corrected chi connectivity index (χ4v) is 2.03. The van der Waals surface area contributed by atoms with E-state index in [0.717, 1.165) is 19.3 Å². The number of rotatable bonds is 1. The Morgan fingerprint density at radius 3 is 2.47 bits per heavy atom. The van der Waals surface area contributed by atoms with Gasteiger partial charge in [0.2, 0.25) is 0 Å². The zero-order valence-corrected chi connectivity index (χ0v) is 8.49. The van der Waals surface area contributed by atoms with E-state index in [9.17, 15) is 9.90 Å². The van der Waals surface area contributed by atoms with Crippen LogP contribution < -0.4 is 0 Å². The van der Waals surface area contributed by atoms with Crippen molar-refractivity contribution in [3.05, 3.63) is 24.2 Å². The predicted molar refractivity (Wildman–Crippen MR) is 52.8 cm³/mol. The van der Waals surface area contributed by atoms with Gasteiger partial charge in [0.25, 0.3) is 11.7 Å². The third-order valence-corrected chi connectivity index (χ3v) is 2.83. The van der Waals surface area contributed by atoms with Crippen molar-refractivity contribution in [1.29, 1.82) is 0 Å². The van der Waals surface area contributed by atoms with E-state index in [-0.39, 0.29) is 11.5 Å².